The standard InChI is InChI=1S/C26H31NO5/c1-5-31-26(28)25-19(2)27(18-20-9-11-22(30-4)12-10-20)14-13-24(25)21-7-6-8-23(17-21)32-16-15-29-3/h6-14,17,24H,5,15-16,18H2,1-4H3. The number of benzene rings is 2. The third-order valence-electron chi connectivity index (χ3n) is 5.37. The Labute approximate surface area is 190 Å². The van der Waals surface area contributed by atoms with Gasteiger partial charge in [0.25, 0.3) is 0 Å². The summed E-state index contributed by atoms with van der Waals surface area (Å²) in [5.41, 5.74) is 3.60. The van der Waals surface area contributed by atoms with E-state index < -0.39 is 0 Å². The van der Waals surface area contributed by atoms with E-state index >= 15 is 0 Å². The van der Waals surface area contributed by atoms with E-state index in [2.05, 4.69) is 4.90 Å². The number of carbonyl (C=O) groups is 1. The number of rotatable bonds is 10. The van der Waals surface area contributed by atoms with Crippen molar-refractivity contribution < 1.29 is 23.7 Å². The van der Waals surface area contributed by atoms with Gasteiger partial charge in [0.2, 0.25) is 0 Å². The second kappa shape index (κ2) is 11.4. The minimum Gasteiger partial charge on any atom is -0.497 e. The van der Waals surface area contributed by atoms with Crippen molar-refractivity contribution in [2.24, 2.45) is 0 Å². The van der Waals surface area contributed by atoms with Crippen molar-refractivity contribution in [2.45, 2.75) is 26.3 Å². The molecule has 0 saturated carbocycles. The molecule has 3 rings (SSSR count). The van der Waals surface area contributed by atoms with Crippen molar-refractivity contribution in [3.8, 4) is 11.5 Å². The van der Waals surface area contributed by atoms with Gasteiger partial charge in [0.15, 0.2) is 0 Å². The number of ether oxygens (including phenoxy) is 4. The lowest BCUT2D eigenvalue weighted by atomic mass is 9.87. The summed E-state index contributed by atoms with van der Waals surface area (Å²) in [4.78, 5) is 15.0. The Hall–Kier alpha value is -3.25. The molecule has 6 nitrogen and oxygen atoms in total. The van der Waals surface area contributed by atoms with E-state index in [1.807, 2.05) is 74.7 Å². The molecule has 1 aliphatic rings. The summed E-state index contributed by atoms with van der Waals surface area (Å²) < 4.78 is 21.5. The van der Waals surface area contributed by atoms with Crippen molar-refractivity contribution in [3.05, 3.63) is 83.2 Å². The lowest BCUT2D eigenvalue weighted by Gasteiger charge is -2.31. The minimum absolute atomic E-state index is 0.216. The minimum atomic E-state index is -0.301. The molecule has 0 aromatic heterocycles. The first-order valence-corrected chi connectivity index (χ1v) is 10.7. The van der Waals surface area contributed by atoms with Crippen molar-refractivity contribution >= 4 is 5.97 Å². The lowest BCUT2D eigenvalue weighted by molar-refractivity contribution is -0.138. The van der Waals surface area contributed by atoms with Gasteiger partial charge in [-0.1, -0.05) is 30.3 Å². The van der Waals surface area contributed by atoms with E-state index in [1.54, 1.807) is 14.2 Å². The molecule has 1 atom stereocenters. The number of allylic oxidation sites excluding steroid dienone is 2. The van der Waals surface area contributed by atoms with Crippen LogP contribution in [-0.2, 0) is 20.8 Å². The molecule has 2 aromatic rings. The van der Waals surface area contributed by atoms with Gasteiger partial charge in [-0.3, -0.25) is 0 Å². The molecule has 1 aliphatic heterocycles. The van der Waals surface area contributed by atoms with E-state index in [1.165, 1.54) is 0 Å². The Morgan fingerprint density at radius 2 is 1.81 bits per heavy atom. The van der Waals surface area contributed by atoms with E-state index in [4.69, 9.17) is 18.9 Å². The fraction of sp³-hybridized carbons (Fsp3) is 0.346. The van der Waals surface area contributed by atoms with Gasteiger partial charge in [0, 0.05) is 31.5 Å². The van der Waals surface area contributed by atoms with Crippen LogP contribution in [0.5, 0.6) is 11.5 Å². The smallest absolute Gasteiger partial charge is 0.336 e. The Bertz CT molecular complexity index is 964. The topological polar surface area (TPSA) is 57.2 Å². The molecule has 170 valence electrons. The number of nitrogens with zero attached hydrogens (tertiary/aromatic N) is 1. The molecule has 0 radical (unpaired) electrons. The molecular formula is C26H31NO5. The largest absolute Gasteiger partial charge is 0.497 e. The monoisotopic (exact) mass is 437 g/mol. The normalized spacial score (nSPS) is 15.6. The van der Waals surface area contributed by atoms with E-state index in [-0.39, 0.29) is 11.9 Å². The maximum Gasteiger partial charge on any atom is 0.336 e. The Kier molecular flexibility index (Phi) is 8.34. The van der Waals surface area contributed by atoms with Crippen LogP contribution >= 0.6 is 0 Å². The van der Waals surface area contributed by atoms with Gasteiger partial charge in [-0.25, -0.2) is 4.79 Å². The average Bonchev–Trinajstić information content (AvgIpc) is 2.81. The summed E-state index contributed by atoms with van der Waals surface area (Å²) in [6.45, 7) is 5.73. The molecule has 0 bridgehead atoms. The lowest BCUT2D eigenvalue weighted by Crippen LogP contribution is -2.26. The molecule has 0 spiro atoms. The molecule has 6 heteroatoms. The van der Waals surface area contributed by atoms with Crippen LogP contribution in [0.1, 0.15) is 30.9 Å². The number of hydrogen-bond donors (Lipinski definition) is 0. The van der Waals surface area contributed by atoms with E-state index in [0.717, 1.165) is 28.3 Å². The molecule has 1 heterocycles. The molecule has 0 fully saturated rings. The van der Waals surface area contributed by atoms with Crippen LogP contribution in [0.3, 0.4) is 0 Å². The maximum atomic E-state index is 13.0. The van der Waals surface area contributed by atoms with E-state index in [0.29, 0.717) is 31.9 Å². The highest BCUT2D eigenvalue weighted by Gasteiger charge is 2.29. The maximum absolute atomic E-state index is 13.0. The molecule has 2 aromatic carbocycles. The second-order valence-corrected chi connectivity index (χ2v) is 7.43. The molecule has 0 aliphatic carbocycles. The molecule has 0 saturated heterocycles. The molecular weight excluding hydrogens is 406 g/mol. The van der Waals surface area contributed by atoms with Crippen LogP contribution < -0.4 is 9.47 Å². The Morgan fingerprint density at radius 3 is 2.50 bits per heavy atom. The summed E-state index contributed by atoms with van der Waals surface area (Å²) in [7, 11) is 3.29. The first-order chi connectivity index (χ1) is 15.6. The highest BCUT2D eigenvalue weighted by molar-refractivity contribution is 5.92. The molecule has 1 unspecified atom stereocenters. The van der Waals surface area contributed by atoms with Crippen molar-refractivity contribution in [3.63, 3.8) is 0 Å². The van der Waals surface area contributed by atoms with Crippen LogP contribution in [0.15, 0.2) is 72.1 Å². The van der Waals surface area contributed by atoms with Crippen LogP contribution in [0.4, 0.5) is 0 Å². The number of hydrogen-bond acceptors (Lipinski definition) is 6. The highest BCUT2D eigenvalue weighted by Crippen LogP contribution is 2.36. The van der Waals surface area contributed by atoms with Gasteiger partial charge < -0.3 is 23.8 Å². The van der Waals surface area contributed by atoms with Gasteiger partial charge in [0.1, 0.15) is 18.1 Å². The zero-order chi connectivity index (χ0) is 22.9. The quantitative estimate of drug-likeness (QED) is 0.398. The summed E-state index contributed by atoms with van der Waals surface area (Å²) in [6, 6.07) is 15.7. The van der Waals surface area contributed by atoms with Crippen molar-refractivity contribution in [2.75, 3.05) is 34.0 Å². The molecule has 0 N–H and O–H groups in total. The van der Waals surface area contributed by atoms with Gasteiger partial charge in [-0.2, -0.15) is 0 Å². The fourth-order valence-corrected chi connectivity index (χ4v) is 3.68. The van der Waals surface area contributed by atoms with Crippen LogP contribution in [-0.4, -0.2) is 44.9 Å². The summed E-state index contributed by atoms with van der Waals surface area (Å²) in [5.74, 6) is 1.04. The second-order valence-electron chi connectivity index (χ2n) is 7.43. The van der Waals surface area contributed by atoms with Gasteiger partial charge in [-0.05, 0) is 49.2 Å². The molecule has 32 heavy (non-hydrogen) atoms. The highest BCUT2D eigenvalue weighted by atomic mass is 16.5. The Morgan fingerprint density at radius 1 is 1.03 bits per heavy atom. The number of carbonyl (C=O) groups excluding carboxylic acids is 1. The predicted octanol–water partition coefficient (Wildman–Crippen LogP) is 4.67. The van der Waals surface area contributed by atoms with Crippen LogP contribution in [0.25, 0.3) is 0 Å². The summed E-state index contributed by atoms with van der Waals surface area (Å²) in [6.07, 6.45) is 4.07. The summed E-state index contributed by atoms with van der Waals surface area (Å²) >= 11 is 0. The van der Waals surface area contributed by atoms with Crippen molar-refractivity contribution in [1.82, 2.24) is 4.90 Å². The van der Waals surface area contributed by atoms with E-state index in [9.17, 15) is 4.79 Å². The number of esters is 1. The SMILES string of the molecule is CCOC(=O)C1=C(C)N(Cc2ccc(OC)cc2)C=CC1c1cccc(OCCOC)c1. The van der Waals surface area contributed by atoms with Gasteiger partial charge in [0.05, 0.1) is 25.9 Å². The average molecular weight is 438 g/mol. The van der Waals surface area contributed by atoms with Crippen LogP contribution in [0, 0.1) is 0 Å². The van der Waals surface area contributed by atoms with Crippen LogP contribution in [0.2, 0.25) is 0 Å². The predicted molar refractivity (Wildman–Crippen MR) is 124 cm³/mol. The fourth-order valence-electron chi connectivity index (χ4n) is 3.68. The Balaban J connectivity index is 1.88. The first-order valence-electron chi connectivity index (χ1n) is 10.7. The van der Waals surface area contributed by atoms with Crippen molar-refractivity contribution in [1.29, 1.82) is 0 Å². The zero-order valence-corrected chi connectivity index (χ0v) is 19.2. The third-order valence-corrected chi connectivity index (χ3v) is 5.37. The zero-order valence-electron chi connectivity index (χ0n) is 19.2. The third kappa shape index (κ3) is 5.71. The molecule has 0 amide bonds. The van der Waals surface area contributed by atoms with Gasteiger partial charge >= 0.3 is 5.97 Å². The number of methoxy groups -OCH3 is 2. The first kappa shape index (κ1) is 23.4. The van der Waals surface area contributed by atoms with Gasteiger partial charge in [-0.15, -0.1) is 0 Å². The summed E-state index contributed by atoms with van der Waals surface area (Å²) in [5, 5.41) is 0.